The van der Waals surface area contributed by atoms with Crippen LogP contribution in [0.3, 0.4) is 0 Å². The van der Waals surface area contributed by atoms with Crippen LogP contribution >= 0.6 is 11.6 Å². The lowest BCUT2D eigenvalue weighted by molar-refractivity contribution is -0.334. The van der Waals surface area contributed by atoms with Gasteiger partial charge in [-0.1, -0.05) is 94.8 Å². The van der Waals surface area contributed by atoms with E-state index in [1.165, 1.54) is 89.2 Å². The molecule has 39 heteroatoms. The number of carbonyl (C=O) groups excluding carboxylic acids is 9. The number of phenolic OH excluding ortho intramolecular Hbond substituents is 2. The van der Waals surface area contributed by atoms with Crippen LogP contribution in [0.1, 0.15) is 198 Å². The number of aliphatic carboxylic acids is 1. The maximum absolute atomic E-state index is 16.5. The Hall–Kier alpha value is -11.5. The van der Waals surface area contributed by atoms with E-state index in [9.17, 15) is 69.9 Å². The Morgan fingerprint density at radius 3 is 1.99 bits per heavy atom. The van der Waals surface area contributed by atoms with E-state index in [2.05, 4.69) is 70.7 Å². The molecule has 131 heavy (non-hydrogen) atoms. The van der Waals surface area contributed by atoms with Crippen LogP contribution in [0.2, 0.25) is 5.02 Å². The van der Waals surface area contributed by atoms with Crippen LogP contribution in [-0.4, -0.2) is 217 Å². The molecule has 1 aliphatic carbocycles. The normalized spacial score (nSPS) is 25.8. The smallest absolute Gasteiger partial charge is 0.330 e. The molecule has 11 amide bonds. The summed E-state index contributed by atoms with van der Waals surface area (Å²) in [7, 11) is 1.50. The second-order valence-corrected chi connectivity index (χ2v) is 35.3. The first-order chi connectivity index (χ1) is 62.4. The molecule has 6 aromatic rings. The number of likely N-dealkylation sites (N-methyl/N-ethyl adjacent to an activating group) is 1. The van der Waals surface area contributed by atoms with Gasteiger partial charge in [-0.05, 0) is 209 Å². The van der Waals surface area contributed by atoms with Crippen molar-refractivity contribution in [2.75, 3.05) is 32.1 Å². The molecular formula is C92H118ClN13O25. The molecule has 7 heterocycles. The van der Waals surface area contributed by atoms with Crippen molar-refractivity contribution in [2.45, 2.75) is 260 Å². The molecule has 0 spiro atoms. The molecule has 11 bridgehead atoms. The highest BCUT2D eigenvalue weighted by Gasteiger charge is 2.53. The lowest BCUT2D eigenvalue weighted by atomic mass is 9.85. The Morgan fingerprint density at radius 1 is 0.679 bits per heavy atom. The number of phenols is 2. The van der Waals surface area contributed by atoms with Crippen LogP contribution in [0.25, 0.3) is 11.1 Å². The Morgan fingerprint density at radius 2 is 1.34 bits per heavy atom. The number of urea groups is 2. The third-order valence-electron chi connectivity index (χ3n) is 24.3. The number of aliphatic hydroxyl groups excluding tert-OH is 6. The molecule has 23 N–H and O–H groups in total. The standard InChI is InChI=1S/C92H118ClN13O25/c1-9-10-11-14-17-47-18-23-52(24-19-47)98-90(124)97-31-16-13-12-15-30-96-41-56-45(5)69-54-34-48(20-27-60(54)108)70-84(118)105-74(87(121)103-72(88(122)123)55(69)38-61(56)109)76(112)50-22-29-63(57(93)35-50)128-65-37-51-36-64(79(65)131-89-80(78(114)77(113)66(42-107)129-89)130-68-40-92(7,81(115)46(6)126-68)106-91(125)99-53-25-26-53)127-62-28-21-49(33-44(62)4)75(111)73(104-82(116)58(95-8)32-43(2)3)86(120)100-59(39-67(94)110)83(117)101-71(51)85(119)102-70/h18-24,27-29,33-38,43,46,53,58-59,66,68,70-78,80-81,89,95-96,107-109,111-115H,9-17,25-26,30-32,39-42H2,1-8H3,(H2,94,110)(H,100,120)(H,101,117)(H,102,119)(H,103,121)(H,104,116)(H,105,118)(H,122,123)(H2,97,98,124)(H2,99,106,125)/t46-,58+,59-,66+,68-,70+,71+,72-,73+,74-,75+,76+,77+,78-,80+,81+,89-,92-/m0/s1. The van der Waals surface area contributed by atoms with Gasteiger partial charge in [0.15, 0.2) is 29.9 Å². The number of carboxylic acids is 1. The predicted octanol–water partition coefficient (Wildman–Crippen LogP) is 5.46. The van der Waals surface area contributed by atoms with Gasteiger partial charge < -0.3 is 144 Å². The molecule has 708 valence electrons. The number of anilines is 1. The first kappa shape index (κ1) is 98.5. The number of nitrogens with one attached hydrogen (secondary N) is 12. The van der Waals surface area contributed by atoms with Crippen LogP contribution < -0.4 is 83.7 Å². The van der Waals surface area contributed by atoms with Crippen LogP contribution in [0.15, 0.2) is 97.1 Å². The summed E-state index contributed by atoms with van der Waals surface area (Å²) in [5, 5.41) is 140. The van der Waals surface area contributed by atoms with Crippen LogP contribution in [0.4, 0.5) is 15.3 Å². The van der Waals surface area contributed by atoms with Crippen molar-refractivity contribution in [2.24, 2.45) is 11.7 Å². The van der Waals surface area contributed by atoms with Crippen molar-refractivity contribution in [3.05, 3.63) is 152 Å². The molecule has 18 atom stereocenters. The summed E-state index contributed by atoms with van der Waals surface area (Å²) < 4.78 is 39.5. The number of carboxylic acid groups (broad SMARTS) is 1. The molecule has 2 saturated heterocycles. The number of primary amides is 1. The van der Waals surface area contributed by atoms with Crippen molar-refractivity contribution < 1.29 is 122 Å². The zero-order valence-corrected chi connectivity index (χ0v) is 74.7. The number of amides is 11. The number of aliphatic hydroxyl groups is 6. The number of carbonyl (C=O) groups is 10. The Kier molecular flexibility index (Phi) is 32.8. The van der Waals surface area contributed by atoms with Crippen molar-refractivity contribution in [3.8, 4) is 51.4 Å². The lowest BCUT2D eigenvalue weighted by Crippen LogP contribution is -2.67. The highest BCUT2D eigenvalue weighted by molar-refractivity contribution is 6.32. The molecule has 6 aromatic carbocycles. The first-order valence-electron chi connectivity index (χ1n) is 44.2. The number of benzene rings is 6. The van der Waals surface area contributed by atoms with Gasteiger partial charge in [0.05, 0.1) is 35.7 Å². The van der Waals surface area contributed by atoms with Crippen LogP contribution in [0.5, 0.6) is 40.2 Å². The van der Waals surface area contributed by atoms with Gasteiger partial charge >= 0.3 is 18.0 Å². The van der Waals surface area contributed by atoms with Crippen LogP contribution in [-0.2, 0) is 65.5 Å². The number of hydrogen-bond donors (Lipinski definition) is 22. The fraction of sp³-hybridized carbons (Fsp3) is 0.500. The SMILES string of the molecule is CCCCCCc1ccc(NC(=O)NCCCCCCNCc2c(O)cc3c(c2C)-c2cc(ccc2O)[C@H]2NC(=O)[C@@H]4NC(=O)[C@H](CC(N)=O)NC(=O)[C@H](NC(=O)[C@@H](CC(C)C)NC)[C@H](O)c5ccc(c(C)c5)Oc5cc4cc(c5O[C@@H]4O[C@H](CO)[C@@H](O)[C@H](O)[C@H]4O[C@H]4C[C@](C)(NC(=O)NC5CC5)[C@H](O)[C@H](C)O4)Oc4ccc(cc4Cl)[C@@H](O)[C@H](NC2=O)C(=O)N[C@@H]3C(=O)O)cc1. The van der Waals surface area contributed by atoms with Gasteiger partial charge in [-0.25, -0.2) is 14.4 Å². The second kappa shape index (κ2) is 43.7. The molecule has 3 fully saturated rings. The summed E-state index contributed by atoms with van der Waals surface area (Å²) in [6, 6.07) is 6.90. The molecule has 14 rings (SSSR count). The summed E-state index contributed by atoms with van der Waals surface area (Å²) in [5.74, 6) is -13.9. The summed E-state index contributed by atoms with van der Waals surface area (Å²) in [6.07, 6.45) is -9.36. The monoisotopic (exact) mass is 1840 g/mol. The van der Waals surface area contributed by atoms with E-state index >= 15 is 24.0 Å². The lowest BCUT2D eigenvalue weighted by Gasteiger charge is -2.48. The topological polar surface area (TPSA) is 579 Å². The third-order valence-corrected chi connectivity index (χ3v) is 24.6. The molecule has 0 radical (unpaired) electrons. The molecule has 8 aliphatic rings. The molecular weight excluding hydrogens is 1720 g/mol. The highest BCUT2D eigenvalue weighted by atomic mass is 35.5. The Labute approximate surface area is 761 Å². The van der Waals surface area contributed by atoms with E-state index in [1.54, 1.807) is 0 Å². The first-order valence-corrected chi connectivity index (χ1v) is 44.5. The number of ether oxygens (including phenoxy) is 6. The summed E-state index contributed by atoms with van der Waals surface area (Å²) in [6.45, 7) is 11.6. The van der Waals surface area contributed by atoms with Crippen molar-refractivity contribution in [3.63, 3.8) is 0 Å². The minimum Gasteiger partial charge on any atom is -0.508 e. The second-order valence-electron chi connectivity index (χ2n) is 34.8. The quantitative estimate of drug-likeness (QED) is 0.0249. The zero-order chi connectivity index (χ0) is 94.6. The molecule has 0 aromatic heterocycles. The van der Waals surface area contributed by atoms with E-state index < -0.39 is 215 Å². The molecule has 1 saturated carbocycles. The van der Waals surface area contributed by atoms with E-state index in [1.807, 2.05) is 38.1 Å². The molecule has 7 aliphatic heterocycles. The maximum Gasteiger partial charge on any atom is 0.330 e. The number of aryl methyl sites for hydroxylation is 2. The summed E-state index contributed by atoms with van der Waals surface area (Å²) in [4.78, 5) is 147. The average molecular weight is 1840 g/mol. The third kappa shape index (κ3) is 24.1. The number of unbranched alkanes of at least 4 members (excludes halogenated alkanes) is 6. The highest BCUT2D eigenvalue weighted by Crippen LogP contribution is 2.50. The number of fused-ring (bicyclic) bond motifs is 15. The van der Waals surface area contributed by atoms with E-state index in [0.29, 0.717) is 38.0 Å². The van der Waals surface area contributed by atoms with Gasteiger partial charge in [0.25, 0.3) is 0 Å². The van der Waals surface area contributed by atoms with Gasteiger partial charge in [-0.2, -0.15) is 0 Å². The summed E-state index contributed by atoms with van der Waals surface area (Å²) in [5.41, 5.74) is 5.05. The fourth-order valence-electron chi connectivity index (χ4n) is 16.8. The Bertz CT molecular complexity index is 5180. The minimum atomic E-state index is -2.33. The minimum absolute atomic E-state index is 0.0388. The van der Waals surface area contributed by atoms with E-state index in [-0.39, 0.29) is 98.9 Å². The van der Waals surface area contributed by atoms with Crippen molar-refractivity contribution in [1.82, 2.24) is 58.5 Å². The zero-order valence-electron chi connectivity index (χ0n) is 73.9. The van der Waals surface area contributed by atoms with Crippen LogP contribution in [0, 0.1) is 19.8 Å². The predicted molar refractivity (Wildman–Crippen MR) is 474 cm³/mol. The van der Waals surface area contributed by atoms with Crippen molar-refractivity contribution >= 4 is 76.7 Å². The number of nitrogens with two attached hydrogens (primary N) is 1. The average Bonchev–Trinajstić information content (AvgIpc) is 1.12. The van der Waals surface area contributed by atoms with E-state index in [4.69, 9.17) is 45.8 Å². The summed E-state index contributed by atoms with van der Waals surface area (Å²) >= 11 is 7.23. The number of halogens is 1. The van der Waals surface area contributed by atoms with Gasteiger partial charge in [-0.3, -0.25) is 33.6 Å². The molecule has 0 unspecified atom stereocenters. The van der Waals surface area contributed by atoms with Crippen molar-refractivity contribution in [1.29, 1.82) is 0 Å². The van der Waals surface area contributed by atoms with E-state index in [0.717, 1.165) is 75.3 Å². The number of rotatable bonds is 30. The number of aromatic hydroxyl groups is 2. The Balaban J connectivity index is 0.962. The largest absolute Gasteiger partial charge is 0.508 e. The maximum atomic E-state index is 16.5. The van der Waals surface area contributed by atoms with Gasteiger partial charge in [0, 0.05) is 42.4 Å². The van der Waals surface area contributed by atoms with Gasteiger partial charge in [0.1, 0.15) is 89.8 Å². The molecule has 38 nitrogen and oxygen atoms in total. The van der Waals surface area contributed by atoms with Gasteiger partial charge in [-0.15, -0.1) is 0 Å². The fourth-order valence-corrected chi connectivity index (χ4v) is 17.1. The number of hydrogen-bond acceptors (Lipinski definition) is 26. The van der Waals surface area contributed by atoms with Gasteiger partial charge in [0.2, 0.25) is 53.4 Å².